The van der Waals surface area contributed by atoms with E-state index in [1.807, 2.05) is 42.1 Å². The van der Waals surface area contributed by atoms with Crippen LogP contribution in [0.15, 0.2) is 61.2 Å². The first-order valence-electron chi connectivity index (χ1n) is 12.5. The van der Waals surface area contributed by atoms with Gasteiger partial charge in [-0.1, -0.05) is 87.0 Å². The lowest BCUT2D eigenvalue weighted by Crippen LogP contribution is -2.56. The molecule has 1 amide bonds. The molecule has 190 valence electrons. The summed E-state index contributed by atoms with van der Waals surface area (Å²) in [6, 6.07) is 16.3. The highest BCUT2D eigenvalue weighted by Crippen LogP contribution is 2.52. The van der Waals surface area contributed by atoms with E-state index in [0.717, 1.165) is 29.2 Å². The SMILES string of the molecule is C=CC[C@@]1(C)C[C@H](c2cccc(Cl)c2)[C@@H](c2ccc(Cl)cc2)N([C@@H](CC)CSC[Si](C)(C)C)C1=O. The zero-order chi connectivity index (χ0) is 25.8. The van der Waals surface area contributed by atoms with E-state index in [2.05, 4.69) is 69.2 Å². The molecular formula is C29H39Cl2NOSSi. The van der Waals surface area contributed by atoms with Gasteiger partial charge < -0.3 is 4.90 Å². The fraction of sp³-hybridized carbons (Fsp3) is 0.483. The molecule has 1 aliphatic heterocycles. The van der Waals surface area contributed by atoms with Crippen molar-refractivity contribution in [3.05, 3.63) is 82.4 Å². The molecule has 0 N–H and O–H groups in total. The minimum Gasteiger partial charge on any atom is -0.331 e. The summed E-state index contributed by atoms with van der Waals surface area (Å²) in [5, 5.41) is 2.62. The molecule has 1 fully saturated rings. The van der Waals surface area contributed by atoms with Crippen LogP contribution < -0.4 is 0 Å². The van der Waals surface area contributed by atoms with Gasteiger partial charge in [-0.25, -0.2) is 0 Å². The fourth-order valence-electron chi connectivity index (χ4n) is 5.18. The molecule has 0 spiro atoms. The summed E-state index contributed by atoms with van der Waals surface area (Å²) >= 11 is 14.7. The molecule has 1 saturated heterocycles. The first-order valence-corrected chi connectivity index (χ1v) is 18.1. The predicted octanol–water partition coefficient (Wildman–Crippen LogP) is 9.02. The number of nitrogens with zero attached hydrogens (tertiary/aromatic N) is 1. The highest BCUT2D eigenvalue weighted by Gasteiger charge is 2.50. The molecule has 1 aliphatic rings. The number of hydrogen-bond donors (Lipinski definition) is 0. The Labute approximate surface area is 227 Å². The van der Waals surface area contributed by atoms with Crippen molar-refractivity contribution in [2.24, 2.45) is 5.41 Å². The van der Waals surface area contributed by atoms with Crippen molar-refractivity contribution in [3.63, 3.8) is 0 Å². The van der Waals surface area contributed by atoms with E-state index < -0.39 is 13.5 Å². The first kappa shape index (κ1) is 28.4. The van der Waals surface area contributed by atoms with E-state index in [1.54, 1.807) is 0 Å². The predicted molar refractivity (Wildman–Crippen MR) is 158 cm³/mol. The van der Waals surface area contributed by atoms with Gasteiger partial charge in [0.1, 0.15) is 0 Å². The summed E-state index contributed by atoms with van der Waals surface area (Å²) in [6.45, 7) is 15.5. The van der Waals surface area contributed by atoms with Gasteiger partial charge in [0.15, 0.2) is 0 Å². The minimum absolute atomic E-state index is 0.0754. The smallest absolute Gasteiger partial charge is 0.229 e. The van der Waals surface area contributed by atoms with E-state index in [-0.39, 0.29) is 23.9 Å². The zero-order valence-corrected chi connectivity index (χ0v) is 25.0. The summed E-state index contributed by atoms with van der Waals surface area (Å²) in [7, 11) is -1.19. The van der Waals surface area contributed by atoms with Crippen LogP contribution in [0.5, 0.6) is 0 Å². The summed E-state index contributed by atoms with van der Waals surface area (Å²) in [5.41, 5.74) is 1.80. The Balaban J connectivity index is 2.13. The average molecular weight is 549 g/mol. The Kier molecular flexibility index (Phi) is 9.64. The van der Waals surface area contributed by atoms with Gasteiger partial charge in [-0.15, -0.1) is 6.58 Å². The number of carbonyl (C=O) groups excluding carboxylic acids is 1. The van der Waals surface area contributed by atoms with Crippen LogP contribution in [0.25, 0.3) is 0 Å². The van der Waals surface area contributed by atoms with Gasteiger partial charge in [0, 0.05) is 27.8 Å². The van der Waals surface area contributed by atoms with Gasteiger partial charge in [0.2, 0.25) is 5.91 Å². The summed E-state index contributed by atoms with van der Waals surface area (Å²) in [4.78, 5) is 16.5. The first-order chi connectivity index (χ1) is 16.5. The van der Waals surface area contributed by atoms with Crippen molar-refractivity contribution in [1.82, 2.24) is 4.90 Å². The van der Waals surface area contributed by atoms with Crippen LogP contribution in [0.3, 0.4) is 0 Å². The van der Waals surface area contributed by atoms with Gasteiger partial charge in [0.25, 0.3) is 0 Å². The second-order valence-electron chi connectivity index (χ2n) is 11.3. The highest BCUT2D eigenvalue weighted by atomic mass is 35.5. The molecular weight excluding hydrogens is 509 g/mol. The highest BCUT2D eigenvalue weighted by molar-refractivity contribution is 8.00. The van der Waals surface area contributed by atoms with Gasteiger partial charge in [0.05, 0.1) is 19.5 Å². The van der Waals surface area contributed by atoms with E-state index in [1.165, 1.54) is 10.9 Å². The number of halogens is 2. The van der Waals surface area contributed by atoms with Crippen LogP contribution >= 0.6 is 35.0 Å². The molecule has 0 bridgehead atoms. The molecule has 0 saturated carbocycles. The molecule has 0 unspecified atom stereocenters. The van der Waals surface area contributed by atoms with Gasteiger partial charge in [-0.3, -0.25) is 4.79 Å². The van der Waals surface area contributed by atoms with Crippen LogP contribution in [-0.4, -0.2) is 36.1 Å². The number of piperidine rings is 1. The van der Waals surface area contributed by atoms with Gasteiger partial charge >= 0.3 is 0 Å². The maximum Gasteiger partial charge on any atom is 0.229 e. The Morgan fingerprint density at radius 3 is 2.40 bits per heavy atom. The van der Waals surface area contributed by atoms with Gasteiger partial charge in [-0.05, 0) is 60.0 Å². The number of benzene rings is 2. The van der Waals surface area contributed by atoms with Crippen molar-refractivity contribution in [2.45, 2.75) is 70.8 Å². The number of thioether (sulfide) groups is 1. The Morgan fingerprint density at radius 1 is 1.14 bits per heavy atom. The molecule has 35 heavy (non-hydrogen) atoms. The Bertz CT molecular complexity index is 1020. The van der Waals surface area contributed by atoms with Crippen LogP contribution in [0.1, 0.15) is 56.2 Å². The van der Waals surface area contributed by atoms with E-state index in [0.29, 0.717) is 11.4 Å². The lowest BCUT2D eigenvalue weighted by molar-refractivity contribution is -0.153. The molecule has 0 aliphatic carbocycles. The molecule has 2 aromatic carbocycles. The number of likely N-dealkylation sites (tertiary alicyclic amines) is 1. The monoisotopic (exact) mass is 547 g/mol. The van der Waals surface area contributed by atoms with Crippen molar-refractivity contribution in [2.75, 3.05) is 11.1 Å². The van der Waals surface area contributed by atoms with Crippen molar-refractivity contribution >= 4 is 48.9 Å². The molecule has 0 aromatic heterocycles. The lowest BCUT2D eigenvalue weighted by Gasteiger charge is -2.52. The lowest BCUT2D eigenvalue weighted by atomic mass is 9.67. The normalized spacial score (nSPS) is 23.9. The van der Waals surface area contributed by atoms with Crippen LogP contribution in [-0.2, 0) is 4.79 Å². The molecule has 3 rings (SSSR count). The summed E-state index contributed by atoms with van der Waals surface area (Å²) in [5.74, 6) is 1.30. The second-order valence-corrected chi connectivity index (χ2v) is 19.2. The number of rotatable bonds is 10. The molecule has 1 heterocycles. The Morgan fingerprint density at radius 2 is 1.83 bits per heavy atom. The van der Waals surface area contributed by atoms with Crippen LogP contribution in [0.4, 0.5) is 0 Å². The number of carbonyl (C=O) groups is 1. The van der Waals surface area contributed by atoms with Crippen molar-refractivity contribution in [3.8, 4) is 0 Å². The van der Waals surface area contributed by atoms with Crippen LogP contribution in [0.2, 0.25) is 29.7 Å². The standard InChI is InChI=1S/C29H39Cl2NOSSi/c1-7-16-29(3)18-26(22-10-9-11-24(31)17-22)27(21-12-14-23(30)15-13-21)32(28(29)33)25(8-2)19-34-20-35(4,5)6/h7,9-15,17,25-27H,1,8,16,18-20H2,2-6H3/t25-,26+,27+,29-/m0/s1. The molecule has 2 nitrogen and oxygen atoms in total. The molecule has 0 radical (unpaired) electrons. The maximum absolute atomic E-state index is 14.3. The average Bonchev–Trinajstić information content (AvgIpc) is 2.79. The third-order valence-electron chi connectivity index (χ3n) is 6.90. The number of allylic oxidation sites excluding steroid dienone is 1. The second kappa shape index (κ2) is 11.9. The number of hydrogen-bond acceptors (Lipinski definition) is 2. The molecule has 6 heteroatoms. The van der Waals surface area contributed by atoms with Crippen LogP contribution in [0, 0.1) is 5.41 Å². The summed E-state index contributed by atoms with van der Waals surface area (Å²) in [6.07, 6.45) is 4.22. The molecule has 4 atom stereocenters. The minimum atomic E-state index is -1.19. The number of amides is 1. The van der Waals surface area contributed by atoms with E-state index in [4.69, 9.17) is 23.2 Å². The summed E-state index contributed by atoms with van der Waals surface area (Å²) < 4.78 is 0. The van der Waals surface area contributed by atoms with E-state index >= 15 is 0 Å². The quantitative estimate of drug-likeness (QED) is 0.218. The third kappa shape index (κ3) is 6.97. The van der Waals surface area contributed by atoms with Gasteiger partial charge in [-0.2, -0.15) is 11.8 Å². The maximum atomic E-state index is 14.3. The largest absolute Gasteiger partial charge is 0.331 e. The van der Waals surface area contributed by atoms with Crippen molar-refractivity contribution in [1.29, 1.82) is 0 Å². The zero-order valence-electron chi connectivity index (χ0n) is 21.7. The van der Waals surface area contributed by atoms with E-state index in [9.17, 15) is 4.79 Å². The molecule has 2 aromatic rings. The van der Waals surface area contributed by atoms with Crippen molar-refractivity contribution < 1.29 is 4.79 Å². The Hall–Kier alpha value is -1.20. The third-order valence-corrected chi connectivity index (χ3v) is 12.3. The topological polar surface area (TPSA) is 20.3 Å². The fourth-order valence-corrected chi connectivity index (χ4v) is 9.10.